The van der Waals surface area contributed by atoms with Crippen LogP contribution in [0.4, 0.5) is 13.2 Å². The third kappa shape index (κ3) is 5.69. The van der Waals surface area contributed by atoms with Crippen molar-refractivity contribution in [1.82, 2.24) is 5.32 Å². The van der Waals surface area contributed by atoms with Crippen LogP contribution in [0.1, 0.15) is 18.4 Å². The van der Waals surface area contributed by atoms with Crippen LogP contribution in [0, 0.1) is 5.92 Å². The number of alkyl halides is 3. The van der Waals surface area contributed by atoms with E-state index in [1.807, 2.05) is 0 Å². The van der Waals surface area contributed by atoms with Crippen molar-refractivity contribution >= 4 is 9.84 Å². The molecule has 0 saturated carbocycles. The fourth-order valence-corrected chi connectivity index (χ4v) is 3.27. The summed E-state index contributed by atoms with van der Waals surface area (Å²) >= 11 is 0. The van der Waals surface area contributed by atoms with Crippen molar-refractivity contribution in [3.05, 3.63) is 29.8 Å². The lowest BCUT2D eigenvalue weighted by molar-refractivity contribution is -0.137. The van der Waals surface area contributed by atoms with Crippen molar-refractivity contribution < 1.29 is 26.3 Å². The Bertz CT molecular complexity index is 608. The average Bonchev–Trinajstić information content (AvgIpc) is 2.96. The number of ether oxygens (including phenoxy) is 1. The molecule has 1 unspecified atom stereocenters. The largest absolute Gasteiger partial charge is 0.490 e. The maximum Gasteiger partial charge on any atom is 0.416 e. The standard InChI is InChI=1S/C15H20F3NO3S/c1-23(20,21)9-7-14(11-6-8-19-10-11)22-13-4-2-12(3-5-13)15(16,17)18/h2-5,11,14,19H,6-10H2,1H3/t11?,14-/m1/s1. The Kier molecular flexibility index (Phi) is 5.57. The van der Waals surface area contributed by atoms with Gasteiger partial charge in [0, 0.05) is 18.7 Å². The van der Waals surface area contributed by atoms with Crippen LogP contribution in [0.15, 0.2) is 24.3 Å². The maximum absolute atomic E-state index is 12.6. The van der Waals surface area contributed by atoms with Crippen LogP contribution >= 0.6 is 0 Å². The zero-order valence-corrected chi connectivity index (χ0v) is 13.6. The van der Waals surface area contributed by atoms with E-state index < -0.39 is 21.6 Å². The maximum atomic E-state index is 12.6. The number of halogens is 3. The van der Waals surface area contributed by atoms with E-state index in [0.29, 0.717) is 12.2 Å². The Balaban J connectivity index is 2.07. The highest BCUT2D eigenvalue weighted by atomic mass is 32.2. The quantitative estimate of drug-likeness (QED) is 0.856. The van der Waals surface area contributed by atoms with Crippen LogP contribution in [-0.4, -0.2) is 39.6 Å². The Labute approximate surface area is 133 Å². The number of hydrogen-bond acceptors (Lipinski definition) is 4. The summed E-state index contributed by atoms with van der Waals surface area (Å²) in [6.07, 6.45) is -2.38. The van der Waals surface area contributed by atoms with Crippen LogP contribution < -0.4 is 10.1 Å². The second-order valence-electron chi connectivity index (χ2n) is 5.85. The highest BCUT2D eigenvalue weighted by Crippen LogP contribution is 2.31. The van der Waals surface area contributed by atoms with Crippen molar-refractivity contribution in [2.45, 2.75) is 25.1 Å². The van der Waals surface area contributed by atoms with Gasteiger partial charge in [0.05, 0.1) is 11.3 Å². The molecule has 1 saturated heterocycles. The van der Waals surface area contributed by atoms with E-state index in [1.165, 1.54) is 12.1 Å². The number of hydrogen-bond donors (Lipinski definition) is 1. The van der Waals surface area contributed by atoms with Gasteiger partial charge in [-0.05, 0) is 43.7 Å². The molecule has 2 atom stereocenters. The van der Waals surface area contributed by atoms with Gasteiger partial charge in [-0.1, -0.05) is 0 Å². The van der Waals surface area contributed by atoms with Crippen molar-refractivity contribution in [2.24, 2.45) is 5.92 Å². The van der Waals surface area contributed by atoms with Gasteiger partial charge >= 0.3 is 6.18 Å². The van der Waals surface area contributed by atoms with Crippen LogP contribution in [0.2, 0.25) is 0 Å². The summed E-state index contributed by atoms with van der Waals surface area (Å²) in [5, 5.41) is 3.19. The van der Waals surface area contributed by atoms with Gasteiger partial charge in [0.2, 0.25) is 0 Å². The van der Waals surface area contributed by atoms with Gasteiger partial charge in [0.15, 0.2) is 0 Å². The van der Waals surface area contributed by atoms with E-state index in [-0.39, 0.29) is 17.8 Å². The first kappa shape index (κ1) is 18.1. The average molecular weight is 351 g/mol. The molecule has 1 fully saturated rings. The van der Waals surface area contributed by atoms with Crippen molar-refractivity contribution in [2.75, 3.05) is 25.1 Å². The number of nitrogens with one attached hydrogen (secondary N) is 1. The molecular formula is C15H20F3NO3S. The van der Waals surface area contributed by atoms with E-state index in [1.54, 1.807) is 0 Å². The molecule has 1 aliphatic rings. The Morgan fingerprint density at radius 1 is 1.30 bits per heavy atom. The normalized spacial score (nSPS) is 20.4. The third-order valence-corrected chi connectivity index (χ3v) is 4.84. The summed E-state index contributed by atoms with van der Waals surface area (Å²) < 4.78 is 66.2. The van der Waals surface area contributed by atoms with Gasteiger partial charge in [-0.25, -0.2) is 8.42 Å². The molecule has 1 aromatic rings. The van der Waals surface area contributed by atoms with Crippen LogP contribution in [0.5, 0.6) is 5.75 Å². The summed E-state index contributed by atoms with van der Waals surface area (Å²) in [6, 6.07) is 4.49. The van der Waals surface area contributed by atoms with E-state index in [9.17, 15) is 21.6 Å². The van der Waals surface area contributed by atoms with E-state index in [0.717, 1.165) is 37.9 Å². The van der Waals surface area contributed by atoms with Gasteiger partial charge < -0.3 is 10.1 Å². The summed E-state index contributed by atoms with van der Waals surface area (Å²) in [4.78, 5) is 0. The van der Waals surface area contributed by atoms with Gasteiger partial charge in [-0.15, -0.1) is 0 Å². The second kappa shape index (κ2) is 7.09. The molecule has 0 bridgehead atoms. The molecule has 0 aromatic heterocycles. The van der Waals surface area contributed by atoms with Gasteiger partial charge in [-0.3, -0.25) is 0 Å². The molecule has 130 valence electrons. The summed E-state index contributed by atoms with van der Waals surface area (Å²) in [7, 11) is -3.12. The van der Waals surface area contributed by atoms with E-state index in [2.05, 4.69) is 5.32 Å². The fourth-order valence-electron chi connectivity index (χ4n) is 2.61. The van der Waals surface area contributed by atoms with Crippen LogP contribution in [0.3, 0.4) is 0 Å². The monoisotopic (exact) mass is 351 g/mol. The van der Waals surface area contributed by atoms with Crippen molar-refractivity contribution in [3.8, 4) is 5.75 Å². The molecule has 4 nitrogen and oxygen atoms in total. The summed E-state index contributed by atoms with van der Waals surface area (Å²) in [5.74, 6) is 0.469. The molecule has 2 rings (SSSR count). The molecule has 1 N–H and O–H groups in total. The van der Waals surface area contributed by atoms with Crippen LogP contribution in [0.25, 0.3) is 0 Å². The lowest BCUT2D eigenvalue weighted by Gasteiger charge is -2.24. The van der Waals surface area contributed by atoms with Gasteiger partial charge in [0.25, 0.3) is 0 Å². The first-order valence-corrected chi connectivity index (χ1v) is 9.43. The Morgan fingerprint density at radius 2 is 1.96 bits per heavy atom. The zero-order valence-electron chi connectivity index (χ0n) is 12.8. The van der Waals surface area contributed by atoms with Gasteiger partial charge in [0.1, 0.15) is 21.7 Å². The highest BCUT2D eigenvalue weighted by Gasteiger charge is 2.31. The smallest absolute Gasteiger partial charge is 0.416 e. The predicted molar refractivity (Wildman–Crippen MR) is 81.2 cm³/mol. The summed E-state index contributed by atoms with van der Waals surface area (Å²) in [6.45, 7) is 1.55. The predicted octanol–water partition coefficient (Wildman–Crippen LogP) is 2.50. The zero-order chi connectivity index (χ0) is 17.1. The number of rotatable bonds is 6. The number of sulfone groups is 1. The molecule has 23 heavy (non-hydrogen) atoms. The minimum Gasteiger partial charge on any atom is -0.490 e. The molecule has 0 amide bonds. The third-order valence-electron chi connectivity index (χ3n) is 3.87. The van der Waals surface area contributed by atoms with E-state index >= 15 is 0 Å². The Morgan fingerprint density at radius 3 is 2.43 bits per heavy atom. The number of benzene rings is 1. The minimum atomic E-state index is -4.39. The summed E-state index contributed by atoms with van der Waals surface area (Å²) in [5.41, 5.74) is -0.736. The lowest BCUT2D eigenvalue weighted by Crippen LogP contribution is -2.31. The first-order valence-electron chi connectivity index (χ1n) is 7.37. The molecular weight excluding hydrogens is 331 g/mol. The van der Waals surface area contributed by atoms with Crippen molar-refractivity contribution in [3.63, 3.8) is 0 Å². The molecule has 8 heteroatoms. The van der Waals surface area contributed by atoms with Crippen LogP contribution in [-0.2, 0) is 16.0 Å². The molecule has 1 aliphatic heterocycles. The first-order chi connectivity index (χ1) is 10.6. The molecule has 0 spiro atoms. The fraction of sp³-hybridized carbons (Fsp3) is 0.600. The SMILES string of the molecule is CS(=O)(=O)CC[C@@H](Oc1ccc(C(F)(F)F)cc1)C1CCNC1. The van der Waals surface area contributed by atoms with Crippen molar-refractivity contribution in [1.29, 1.82) is 0 Å². The molecule has 1 heterocycles. The van der Waals surface area contributed by atoms with E-state index in [4.69, 9.17) is 4.74 Å². The van der Waals surface area contributed by atoms with Gasteiger partial charge in [-0.2, -0.15) is 13.2 Å². The highest BCUT2D eigenvalue weighted by molar-refractivity contribution is 7.90. The Hall–Kier alpha value is -1.28. The molecule has 1 aromatic carbocycles. The minimum absolute atomic E-state index is 0.00516. The molecule has 0 aliphatic carbocycles. The lowest BCUT2D eigenvalue weighted by atomic mass is 9.99. The topological polar surface area (TPSA) is 55.4 Å². The molecule has 0 radical (unpaired) electrons. The second-order valence-corrected chi connectivity index (χ2v) is 8.11.